The van der Waals surface area contributed by atoms with E-state index in [2.05, 4.69) is 56.1 Å². The second-order valence-electron chi connectivity index (χ2n) is 7.55. The first-order chi connectivity index (χ1) is 14.7. The van der Waals surface area contributed by atoms with Crippen LogP contribution < -0.4 is 4.74 Å². The first-order valence-electron chi connectivity index (χ1n) is 10.4. The van der Waals surface area contributed by atoms with Crippen LogP contribution in [0.25, 0.3) is 6.08 Å². The predicted molar refractivity (Wildman–Crippen MR) is 118 cm³/mol. The van der Waals surface area contributed by atoms with Gasteiger partial charge < -0.3 is 14.4 Å². The lowest BCUT2D eigenvalue weighted by Gasteiger charge is -2.17. The maximum Gasteiger partial charge on any atom is 0.161 e. The van der Waals surface area contributed by atoms with Crippen molar-refractivity contribution in [3.8, 4) is 11.5 Å². The fraction of sp³-hybridized carbons (Fsp3) is 0.333. The highest BCUT2D eigenvalue weighted by atomic mass is 16.5. The van der Waals surface area contributed by atoms with Gasteiger partial charge in [-0.25, -0.2) is 0 Å². The monoisotopic (exact) mass is 404 g/mol. The fourth-order valence-corrected chi connectivity index (χ4v) is 3.83. The van der Waals surface area contributed by atoms with Crippen LogP contribution in [0.2, 0.25) is 0 Å². The number of aromatic nitrogens is 3. The number of nitrogens with zero attached hydrogens (tertiary/aromatic N) is 4. The third-order valence-corrected chi connectivity index (χ3v) is 5.55. The van der Waals surface area contributed by atoms with Gasteiger partial charge in [-0.2, -0.15) is 0 Å². The van der Waals surface area contributed by atoms with E-state index in [4.69, 9.17) is 4.74 Å². The van der Waals surface area contributed by atoms with Crippen molar-refractivity contribution >= 4 is 6.08 Å². The number of phenolic OH excluding ortho intramolecular Hbond substituents is 1. The van der Waals surface area contributed by atoms with Crippen LogP contribution >= 0.6 is 0 Å². The van der Waals surface area contributed by atoms with Crippen LogP contribution in [0.4, 0.5) is 0 Å². The molecule has 30 heavy (non-hydrogen) atoms. The van der Waals surface area contributed by atoms with E-state index in [1.165, 1.54) is 5.56 Å². The van der Waals surface area contributed by atoms with Gasteiger partial charge in [0.05, 0.1) is 7.11 Å². The molecule has 0 bridgehead atoms. The van der Waals surface area contributed by atoms with Crippen molar-refractivity contribution in [1.29, 1.82) is 0 Å². The molecule has 3 aromatic rings. The Morgan fingerprint density at radius 1 is 1.03 bits per heavy atom. The molecule has 1 aliphatic heterocycles. The van der Waals surface area contributed by atoms with Gasteiger partial charge in [0.25, 0.3) is 0 Å². The Bertz CT molecular complexity index is 998. The quantitative estimate of drug-likeness (QED) is 0.654. The Balaban J connectivity index is 1.33. The van der Waals surface area contributed by atoms with Crippen molar-refractivity contribution in [2.45, 2.75) is 25.8 Å². The number of aromatic hydroxyl groups is 1. The summed E-state index contributed by atoms with van der Waals surface area (Å²) >= 11 is 0. The number of hydrogen-bond donors (Lipinski definition) is 1. The average Bonchev–Trinajstić information content (AvgIpc) is 3.05. The number of aryl methyl sites for hydroxylation is 2. The second-order valence-corrected chi connectivity index (χ2v) is 7.55. The molecule has 2 heterocycles. The molecule has 6 heteroatoms. The molecule has 0 aliphatic carbocycles. The summed E-state index contributed by atoms with van der Waals surface area (Å²) < 4.78 is 7.48. The lowest BCUT2D eigenvalue weighted by molar-refractivity contribution is 0.308. The molecule has 0 amide bonds. The summed E-state index contributed by atoms with van der Waals surface area (Å²) in [5.41, 5.74) is 2.35. The molecule has 0 saturated heterocycles. The van der Waals surface area contributed by atoms with Gasteiger partial charge in [-0.3, -0.25) is 4.90 Å². The number of benzene rings is 2. The van der Waals surface area contributed by atoms with E-state index in [0.717, 1.165) is 62.7 Å². The Kier molecular flexibility index (Phi) is 6.44. The molecule has 1 aliphatic rings. The van der Waals surface area contributed by atoms with Crippen LogP contribution in [0.15, 0.2) is 54.6 Å². The number of hydrogen-bond acceptors (Lipinski definition) is 5. The summed E-state index contributed by atoms with van der Waals surface area (Å²) in [5.74, 6) is 2.83. The summed E-state index contributed by atoms with van der Waals surface area (Å²) in [5, 5.41) is 18.6. The zero-order valence-corrected chi connectivity index (χ0v) is 17.4. The minimum Gasteiger partial charge on any atom is -0.504 e. The Morgan fingerprint density at radius 3 is 2.73 bits per heavy atom. The van der Waals surface area contributed by atoms with Crippen molar-refractivity contribution in [1.82, 2.24) is 19.7 Å². The van der Waals surface area contributed by atoms with Crippen LogP contribution in [0.1, 0.15) is 22.8 Å². The average molecular weight is 405 g/mol. The van der Waals surface area contributed by atoms with Crippen molar-refractivity contribution in [3.63, 3.8) is 0 Å². The van der Waals surface area contributed by atoms with Crippen LogP contribution in [0, 0.1) is 0 Å². The highest BCUT2D eigenvalue weighted by Gasteiger charge is 2.17. The molecule has 156 valence electrons. The molecular formula is C24H28N4O2. The van der Waals surface area contributed by atoms with Gasteiger partial charge in [-0.1, -0.05) is 48.6 Å². The molecule has 0 fully saturated rings. The third kappa shape index (κ3) is 4.89. The standard InChI is InChI=1S/C24H28N4O2/c1-30-22-18-20(9-11-21(22)29)8-5-14-27-15-13-24-26-25-23(28(24)17-16-27)12-10-19-6-3-2-4-7-19/h2-9,11,18,29H,10,12-17H2,1H3/b8-5+. The van der Waals surface area contributed by atoms with E-state index in [1.807, 2.05) is 18.2 Å². The van der Waals surface area contributed by atoms with Gasteiger partial charge in [0.2, 0.25) is 0 Å². The van der Waals surface area contributed by atoms with Gasteiger partial charge in [0.15, 0.2) is 11.5 Å². The van der Waals surface area contributed by atoms with Crippen molar-refractivity contribution < 1.29 is 9.84 Å². The molecule has 0 atom stereocenters. The van der Waals surface area contributed by atoms with Gasteiger partial charge in [0, 0.05) is 39.0 Å². The molecule has 0 spiro atoms. The van der Waals surface area contributed by atoms with Gasteiger partial charge in [-0.15, -0.1) is 10.2 Å². The molecule has 6 nitrogen and oxygen atoms in total. The third-order valence-electron chi connectivity index (χ3n) is 5.55. The Morgan fingerprint density at radius 2 is 1.90 bits per heavy atom. The smallest absolute Gasteiger partial charge is 0.161 e. The Labute approximate surface area is 177 Å². The second kappa shape index (κ2) is 9.59. The predicted octanol–water partition coefficient (Wildman–Crippen LogP) is 3.35. The van der Waals surface area contributed by atoms with Crippen LogP contribution in [-0.2, 0) is 25.8 Å². The lowest BCUT2D eigenvalue weighted by Crippen LogP contribution is -2.27. The molecule has 0 radical (unpaired) electrons. The normalized spacial score (nSPS) is 14.6. The van der Waals surface area contributed by atoms with Crippen molar-refractivity contribution in [3.05, 3.63) is 77.4 Å². The highest BCUT2D eigenvalue weighted by molar-refractivity contribution is 5.55. The van der Waals surface area contributed by atoms with E-state index in [0.29, 0.717) is 5.75 Å². The molecule has 2 aromatic carbocycles. The maximum absolute atomic E-state index is 9.72. The summed E-state index contributed by atoms with van der Waals surface area (Å²) in [6, 6.07) is 15.9. The zero-order valence-electron chi connectivity index (χ0n) is 17.4. The van der Waals surface area contributed by atoms with Gasteiger partial charge in [-0.05, 0) is 29.7 Å². The fourth-order valence-electron chi connectivity index (χ4n) is 3.83. The van der Waals surface area contributed by atoms with Crippen molar-refractivity contribution in [2.75, 3.05) is 26.7 Å². The zero-order chi connectivity index (χ0) is 20.8. The number of ether oxygens (including phenoxy) is 1. The Hall–Kier alpha value is -3.12. The van der Waals surface area contributed by atoms with E-state index >= 15 is 0 Å². The lowest BCUT2D eigenvalue weighted by atomic mass is 10.1. The molecule has 1 aromatic heterocycles. The molecule has 0 unspecified atom stereocenters. The molecule has 1 N–H and O–H groups in total. The summed E-state index contributed by atoms with van der Waals surface area (Å²) in [6.07, 6.45) is 7.05. The topological polar surface area (TPSA) is 63.4 Å². The molecule has 4 rings (SSSR count). The summed E-state index contributed by atoms with van der Waals surface area (Å²) in [7, 11) is 1.56. The van der Waals surface area contributed by atoms with Gasteiger partial charge >= 0.3 is 0 Å². The first kappa shape index (κ1) is 20.2. The number of methoxy groups -OCH3 is 1. The summed E-state index contributed by atoms with van der Waals surface area (Å²) in [4.78, 5) is 2.43. The number of fused-ring (bicyclic) bond motifs is 1. The van der Waals surface area contributed by atoms with Crippen LogP contribution in [0.3, 0.4) is 0 Å². The number of phenols is 1. The SMILES string of the molecule is COc1cc(/C=C/CN2CCc3nnc(CCc4ccccc4)n3CC2)ccc1O. The highest BCUT2D eigenvalue weighted by Crippen LogP contribution is 2.26. The minimum atomic E-state index is 0.160. The van der Waals surface area contributed by atoms with Crippen LogP contribution in [0.5, 0.6) is 11.5 Å². The summed E-state index contributed by atoms with van der Waals surface area (Å²) in [6.45, 7) is 3.75. The van der Waals surface area contributed by atoms with E-state index in [1.54, 1.807) is 13.2 Å². The van der Waals surface area contributed by atoms with E-state index < -0.39 is 0 Å². The minimum absolute atomic E-state index is 0.160. The molecular weight excluding hydrogens is 376 g/mol. The van der Waals surface area contributed by atoms with Gasteiger partial charge in [0.1, 0.15) is 11.6 Å². The maximum atomic E-state index is 9.72. The number of rotatable bonds is 7. The van der Waals surface area contributed by atoms with E-state index in [9.17, 15) is 5.11 Å². The van der Waals surface area contributed by atoms with Crippen LogP contribution in [-0.4, -0.2) is 51.5 Å². The van der Waals surface area contributed by atoms with E-state index in [-0.39, 0.29) is 5.75 Å². The molecule has 0 saturated carbocycles. The first-order valence-corrected chi connectivity index (χ1v) is 10.4. The largest absolute Gasteiger partial charge is 0.504 e. The van der Waals surface area contributed by atoms with Crippen molar-refractivity contribution in [2.24, 2.45) is 0 Å².